The van der Waals surface area contributed by atoms with Gasteiger partial charge in [0.25, 0.3) is 0 Å². The van der Waals surface area contributed by atoms with Crippen LogP contribution in [-0.2, 0) is 11.2 Å². The summed E-state index contributed by atoms with van der Waals surface area (Å²) < 4.78 is 1.69. The van der Waals surface area contributed by atoms with E-state index >= 15 is 0 Å². The highest BCUT2D eigenvalue weighted by atomic mass is 32.2. The molecule has 1 N–H and O–H groups in total. The molecule has 0 aliphatic rings. The third kappa shape index (κ3) is 4.50. The lowest BCUT2D eigenvalue weighted by atomic mass is 10.1. The summed E-state index contributed by atoms with van der Waals surface area (Å²) in [5.74, 6) is -0.0123. The monoisotopic (exact) mass is 387 g/mol. The summed E-state index contributed by atoms with van der Waals surface area (Å²) in [4.78, 5) is 13.6. The Kier molecular flexibility index (Phi) is 6.05. The van der Waals surface area contributed by atoms with Crippen molar-refractivity contribution in [3.8, 4) is 5.69 Å². The lowest BCUT2D eigenvalue weighted by molar-refractivity contribution is -0.120. The Morgan fingerprint density at radius 1 is 1.35 bits per heavy atom. The van der Waals surface area contributed by atoms with E-state index in [-0.39, 0.29) is 11.2 Å². The molecule has 6 nitrogen and oxygen atoms in total. The molecule has 1 unspecified atom stereocenters. The zero-order valence-corrected chi connectivity index (χ0v) is 16.6. The van der Waals surface area contributed by atoms with Crippen LogP contribution in [0.4, 0.5) is 0 Å². The third-order valence-electron chi connectivity index (χ3n) is 3.92. The predicted octanol–water partition coefficient (Wildman–Crippen LogP) is 3.18. The van der Waals surface area contributed by atoms with Crippen LogP contribution in [0.5, 0.6) is 0 Å². The van der Waals surface area contributed by atoms with Gasteiger partial charge in [-0.25, -0.2) is 0 Å². The number of carbonyl (C=O) groups is 1. The van der Waals surface area contributed by atoms with Crippen molar-refractivity contribution < 1.29 is 4.79 Å². The smallest absolute Gasteiger partial charge is 0.233 e. The number of nitrogens with one attached hydrogen (secondary N) is 1. The van der Waals surface area contributed by atoms with E-state index in [0.29, 0.717) is 11.7 Å². The van der Waals surface area contributed by atoms with Crippen molar-refractivity contribution in [2.45, 2.75) is 37.6 Å². The van der Waals surface area contributed by atoms with Gasteiger partial charge in [0.05, 0.1) is 10.9 Å². The summed E-state index contributed by atoms with van der Waals surface area (Å²) in [5.41, 5.74) is 3.20. The molecule has 0 aliphatic carbocycles. The SMILES string of the molecule is Cc1ccc(-n2nnnc2SC(C)C(=O)NCCc2cccs2)c(C)c1. The van der Waals surface area contributed by atoms with Gasteiger partial charge >= 0.3 is 0 Å². The molecular formula is C18H21N5OS2. The number of tetrazole rings is 1. The number of aromatic nitrogens is 4. The van der Waals surface area contributed by atoms with Gasteiger partial charge in [0, 0.05) is 11.4 Å². The van der Waals surface area contributed by atoms with E-state index in [1.54, 1.807) is 16.0 Å². The Morgan fingerprint density at radius 2 is 2.19 bits per heavy atom. The largest absolute Gasteiger partial charge is 0.355 e. The molecule has 2 aromatic heterocycles. The van der Waals surface area contributed by atoms with Crippen molar-refractivity contribution in [1.82, 2.24) is 25.5 Å². The number of carbonyl (C=O) groups excluding carboxylic acids is 1. The maximum atomic E-state index is 12.4. The molecule has 1 aromatic carbocycles. The number of nitrogens with zero attached hydrogens (tertiary/aromatic N) is 4. The maximum Gasteiger partial charge on any atom is 0.233 e. The first kappa shape index (κ1) is 18.6. The number of thiophene rings is 1. The second kappa shape index (κ2) is 8.46. The van der Waals surface area contributed by atoms with Crippen molar-refractivity contribution in [2.24, 2.45) is 0 Å². The van der Waals surface area contributed by atoms with Crippen molar-refractivity contribution in [1.29, 1.82) is 0 Å². The molecule has 0 radical (unpaired) electrons. The lowest BCUT2D eigenvalue weighted by Gasteiger charge is -2.12. The molecule has 8 heteroatoms. The van der Waals surface area contributed by atoms with Crippen LogP contribution in [0.1, 0.15) is 22.9 Å². The number of rotatable bonds is 7. The first-order valence-electron chi connectivity index (χ1n) is 8.37. The van der Waals surface area contributed by atoms with Crippen LogP contribution < -0.4 is 5.32 Å². The van der Waals surface area contributed by atoms with Crippen molar-refractivity contribution >= 4 is 29.0 Å². The molecule has 2 heterocycles. The van der Waals surface area contributed by atoms with Crippen molar-refractivity contribution in [3.63, 3.8) is 0 Å². The summed E-state index contributed by atoms with van der Waals surface area (Å²) in [5, 5.41) is 17.3. The predicted molar refractivity (Wildman–Crippen MR) is 105 cm³/mol. The highest BCUT2D eigenvalue weighted by molar-refractivity contribution is 8.00. The Morgan fingerprint density at radius 3 is 2.92 bits per heavy atom. The molecule has 0 spiro atoms. The number of amides is 1. The first-order valence-corrected chi connectivity index (χ1v) is 10.1. The van der Waals surface area contributed by atoms with E-state index in [1.807, 2.05) is 37.4 Å². The standard InChI is InChI=1S/C18H21N5OS2/c1-12-6-7-16(13(2)11-12)23-18(20-21-22-23)26-14(3)17(24)19-9-8-15-5-4-10-25-15/h4-7,10-11,14H,8-9H2,1-3H3,(H,19,24). The van der Waals surface area contributed by atoms with Gasteiger partial charge in [-0.15, -0.1) is 16.4 Å². The quantitative estimate of drug-likeness (QED) is 0.631. The van der Waals surface area contributed by atoms with Gasteiger partial charge in [-0.2, -0.15) is 4.68 Å². The minimum Gasteiger partial charge on any atom is -0.355 e. The minimum atomic E-state index is -0.283. The molecular weight excluding hydrogens is 366 g/mol. The fraction of sp³-hybridized carbons (Fsp3) is 0.333. The van der Waals surface area contributed by atoms with E-state index in [2.05, 4.69) is 39.9 Å². The summed E-state index contributed by atoms with van der Waals surface area (Å²) in [6.45, 7) is 6.58. The molecule has 1 amide bonds. The number of hydrogen-bond acceptors (Lipinski definition) is 6. The van der Waals surface area contributed by atoms with Gasteiger partial charge in [0.2, 0.25) is 11.1 Å². The average Bonchev–Trinajstić information content (AvgIpc) is 3.27. The van der Waals surface area contributed by atoms with Crippen LogP contribution in [0.15, 0.2) is 40.9 Å². The number of thioether (sulfide) groups is 1. The molecule has 136 valence electrons. The molecule has 0 fully saturated rings. The van der Waals surface area contributed by atoms with E-state index in [0.717, 1.165) is 17.7 Å². The second-order valence-corrected chi connectivity index (χ2v) is 8.38. The summed E-state index contributed by atoms with van der Waals surface area (Å²) in [6, 6.07) is 10.2. The first-order chi connectivity index (χ1) is 12.5. The topological polar surface area (TPSA) is 72.7 Å². The van der Waals surface area contributed by atoms with E-state index in [4.69, 9.17) is 0 Å². The van der Waals surface area contributed by atoms with Gasteiger partial charge in [0.1, 0.15) is 0 Å². The van der Waals surface area contributed by atoms with Crippen LogP contribution in [0, 0.1) is 13.8 Å². The van der Waals surface area contributed by atoms with Gasteiger partial charge in [0.15, 0.2) is 0 Å². The van der Waals surface area contributed by atoms with Gasteiger partial charge in [-0.05, 0) is 60.7 Å². The minimum absolute atomic E-state index is 0.0123. The fourth-order valence-corrected chi connectivity index (χ4v) is 4.10. The number of aryl methyl sites for hydroxylation is 2. The lowest BCUT2D eigenvalue weighted by Crippen LogP contribution is -2.32. The average molecular weight is 388 g/mol. The molecule has 3 rings (SSSR count). The molecule has 26 heavy (non-hydrogen) atoms. The Balaban J connectivity index is 1.62. The highest BCUT2D eigenvalue weighted by Crippen LogP contribution is 2.24. The molecule has 0 saturated carbocycles. The molecule has 0 bridgehead atoms. The van der Waals surface area contributed by atoms with Crippen LogP contribution >= 0.6 is 23.1 Å². The molecule has 0 saturated heterocycles. The fourth-order valence-electron chi connectivity index (χ4n) is 2.57. The van der Waals surface area contributed by atoms with Gasteiger partial charge in [-0.1, -0.05) is 35.5 Å². The highest BCUT2D eigenvalue weighted by Gasteiger charge is 2.19. The molecule has 1 atom stereocenters. The Hall–Kier alpha value is -2.19. The summed E-state index contributed by atoms with van der Waals surface area (Å²) in [7, 11) is 0. The van der Waals surface area contributed by atoms with Crippen LogP contribution in [0.3, 0.4) is 0 Å². The van der Waals surface area contributed by atoms with E-state index < -0.39 is 0 Å². The van der Waals surface area contributed by atoms with Crippen molar-refractivity contribution in [2.75, 3.05) is 6.54 Å². The van der Waals surface area contributed by atoms with Gasteiger partial charge < -0.3 is 5.32 Å². The molecule has 0 aliphatic heterocycles. The van der Waals surface area contributed by atoms with E-state index in [1.165, 1.54) is 22.2 Å². The summed E-state index contributed by atoms with van der Waals surface area (Å²) in [6.07, 6.45) is 0.848. The van der Waals surface area contributed by atoms with Crippen LogP contribution in [0.2, 0.25) is 0 Å². The third-order valence-corrected chi connectivity index (χ3v) is 5.89. The van der Waals surface area contributed by atoms with Crippen LogP contribution in [-0.4, -0.2) is 37.9 Å². The molecule has 3 aromatic rings. The van der Waals surface area contributed by atoms with Crippen molar-refractivity contribution in [3.05, 3.63) is 51.7 Å². The maximum absolute atomic E-state index is 12.4. The number of benzene rings is 1. The number of hydrogen-bond donors (Lipinski definition) is 1. The summed E-state index contributed by atoms with van der Waals surface area (Å²) >= 11 is 3.06. The second-order valence-electron chi connectivity index (χ2n) is 6.04. The van der Waals surface area contributed by atoms with Gasteiger partial charge in [-0.3, -0.25) is 4.79 Å². The van der Waals surface area contributed by atoms with E-state index in [9.17, 15) is 4.79 Å². The normalized spacial score (nSPS) is 12.1. The zero-order valence-electron chi connectivity index (χ0n) is 15.0. The van der Waals surface area contributed by atoms with Crippen LogP contribution in [0.25, 0.3) is 5.69 Å². The Labute approximate surface area is 161 Å². The zero-order chi connectivity index (χ0) is 18.5. The Bertz CT molecular complexity index is 876.